The van der Waals surface area contributed by atoms with Gasteiger partial charge in [0.05, 0.1) is 5.69 Å². The zero-order valence-electron chi connectivity index (χ0n) is 12.1. The molecule has 0 saturated heterocycles. The van der Waals surface area contributed by atoms with Crippen molar-refractivity contribution in [2.24, 2.45) is 0 Å². The largest absolute Gasteiger partial charge is 0.346 e. The number of aromatic amines is 1. The topological polar surface area (TPSA) is 49.0 Å². The van der Waals surface area contributed by atoms with Gasteiger partial charge in [-0.05, 0) is 18.9 Å². The van der Waals surface area contributed by atoms with Crippen LogP contribution >= 0.6 is 0 Å². The van der Waals surface area contributed by atoms with Crippen molar-refractivity contribution in [2.45, 2.75) is 26.2 Å². The molecule has 0 fully saturated rings. The number of nitrogens with one attached hydrogen (secondary N) is 1. The molecule has 2 aromatic rings. The predicted molar refractivity (Wildman–Crippen MR) is 80.3 cm³/mol. The maximum absolute atomic E-state index is 11.4. The summed E-state index contributed by atoms with van der Waals surface area (Å²) in [6, 6.07) is 12.2. The Balaban J connectivity index is 1.86. The van der Waals surface area contributed by atoms with Crippen molar-refractivity contribution >= 4 is 5.91 Å². The molecule has 106 valence electrons. The molecule has 0 radical (unpaired) electrons. The zero-order chi connectivity index (χ0) is 14.4. The van der Waals surface area contributed by atoms with Gasteiger partial charge in [0.25, 0.3) is 0 Å². The minimum Gasteiger partial charge on any atom is -0.346 e. The third-order valence-corrected chi connectivity index (χ3v) is 3.37. The van der Waals surface area contributed by atoms with Gasteiger partial charge in [0.1, 0.15) is 0 Å². The first-order chi connectivity index (χ1) is 9.70. The summed E-state index contributed by atoms with van der Waals surface area (Å²) in [4.78, 5) is 13.2. The van der Waals surface area contributed by atoms with Crippen LogP contribution in [0.25, 0.3) is 11.3 Å². The molecule has 4 heteroatoms. The normalized spacial score (nSPS) is 10.5. The molecule has 0 aliphatic carbocycles. The summed E-state index contributed by atoms with van der Waals surface area (Å²) in [6.07, 6.45) is 2.42. The lowest BCUT2D eigenvalue weighted by molar-refractivity contribution is -0.129. The highest BCUT2D eigenvalue weighted by Gasteiger charge is 2.07. The molecule has 2 rings (SSSR count). The van der Waals surface area contributed by atoms with E-state index >= 15 is 0 Å². The molecule has 0 aliphatic heterocycles. The monoisotopic (exact) mass is 271 g/mol. The van der Waals surface area contributed by atoms with Gasteiger partial charge in [-0.3, -0.25) is 9.89 Å². The first kappa shape index (κ1) is 14.3. The number of amides is 1. The second-order valence-electron chi connectivity index (χ2n) is 4.92. The zero-order valence-corrected chi connectivity index (χ0v) is 12.1. The van der Waals surface area contributed by atoms with Gasteiger partial charge in [-0.15, -0.1) is 0 Å². The second kappa shape index (κ2) is 6.89. The van der Waals surface area contributed by atoms with Gasteiger partial charge in [-0.1, -0.05) is 37.3 Å². The molecule has 1 aromatic carbocycles. The maximum Gasteiger partial charge on any atom is 0.222 e. The highest BCUT2D eigenvalue weighted by atomic mass is 16.2. The fraction of sp³-hybridized carbons (Fsp3) is 0.375. The van der Waals surface area contributed by atoms with Crippen LogP contribution in [-0.2, 0) is 11.2 Å². The Morgan fingerprint density at radius 2 is 2.05 bits per heavy atom. The van der Waals surface area contributed by atoms with Gasteiger partial charge in [0.15, 0.2) is 0 Å². The van der Waals surface area contributed by atoms with E-state index in [0.29, 0.717) is 6.42 Å². The summed E-state index contributed by atoms with van der Waals surface area (Å²) in [6.45, 7) is 2.67. The van der Waals surface area contributed by atoms with E-state index in [1.807, 2.05) is 44.3 Å². The molecule has 1 amide bonds. The highest BCUT2D eigenvalue weighted by molar-refractivity contribution is 5.75. The summed E-state index contributed by atoms with van der Waals surface area (Å²) in [5, 5.41) is 7.40. The summed E-state index contributed by atoms with van der Waals surface area (Å²) in [7, 11) is 1.86. The molecule has 1 N–H and O–H groups in total. The van der Waals surface area contributed by atoms with Crippen molar-refractivity contribution in [2.75, 3.05) is 13.6 Å². The average molecular weight is 271 g/mol. The van der Waals surface area contributed by atoms with E-state index in [2.05, 4.69) is 16.3 Å². The van der Waals surface area contributed by atoms with Crippen LogP contribution in [-0.4, -0.2) is 34.6 Å². The number of H-pyrrole nitrogens is 1. The molecule has 0 atom stereocenters. The van der Waals surface area contributed by atoms with Gasteiger partial charge in [0, 0.05) is 31.3 Å². The van der Waals surface area contributed by atoms with Gasteiger partial charge in [0.2, 0.25) is 5.91 Å². The Bertz CT molecular complexity index is 548. The number of carbonyl (C=O) groups is 1. The number of hydrogen-bond acceptors (Lipinski definition) is 2. The van der Waals surface area contributed by atoms with Crippen LogP contribution < -0.4 is 0 Å². The van der Waals surface area contributed by atoms with Crippen molar-refractivity contribution in [1.29, 1.82) is 0 Å². The Kier molecular flexibility index (Phi) is 4.93. The fourth-order valence-corrected chi connectivity index (χ4v) is 2.15. The predicted octanol–water partition coefficient (Wildman–Crippen LogP) is 2.88. The van der Waals surface area contributed by atoms with Crippen LogP contribution in [0.1, 0.15) is 25.5 Å². The van der Waals surface area contributed by atoms with E-state index in [1.54, 1.807) is 4.90 Å². The van der Waals surface area contributed by atoms with Crippen LogP contribution in [0.5, 0.6) is 0 Å². The minimum atomic E-state index is 0.194. The lowest BCUT2D eigenvalue weighted by atomic mass is 10.1. The number of benzene rings is 1. The first-order valence-electron chi connectivity index (χ1n) is 7.04. The summed E-state index contributed by atoms with van der Waals surface area (Å²) < 4.78 is 0. The second-order valence-corrected chi connectivity index (χ2v) is 4.92. The lowest BCUT2D eigenvalue weighted by Crippen LogP contribution is -2.27. The number of nitrogens with zero attached hydrogens (tertiary/aromatic N) is 2. The van der Waals surface area contributed by atoms with Crippen molar-refractivity contribution in [1.82, 2.24) is 15.1 Å². The fourth-order valence-electron chi connectivity index (χ4n) is 2.15. The van der Waals surface area contributed by atoms with Gasteiger partial charge < -0.3 is 4.90 Å². The van der Waals surface area contributed by atoms with E-state index in [4.69, 9.17) is 0 Å². The molecule has 0 unspecified atom stereocenters. The van der Waals surface area contributed by atoms with E-state index in [9.17, 15) is 4.79 Å². The van der Waals surface area contributed by atoms with Crippen LogP contribution in [0.15, 0.2) is 36.4 Å². The van der Waals surface area contributed by atoms with Crippen LogP contribution in [0, 0.1) is 0 Å². The Morgan fingerprint density at radius 1 is 1.30 bits per heavy atom. The Labute approximate surface area is 119 Å². The maximum atomic E-state index is 11.4. The van der Waals surface area contributed by atoms with Crippen LogP contribution in [0.2, 0.25) is 0 Å². The number of aryl methyl sites for hydroxylation is 1. The minimum absolute atomic E-state index is 0.194. The van der Waals surface area contributed by atoms with E-state index in [-0.39, 0.29) is 5.91 Å². The smallest absolute Gasteiger partial charge is 0.222 e. The standard InChI is InChI=1S/C16H21N3O/c1-3-16(20)19(2)11-7-10-14-12-15(18-17-14)13-8-5-4-6-9-13/h4-6,8-9,12H,3,7,10-11H2,1-2H3,(H,17,18). The molecule has 1 aromatic heterocycles. The van der Waals surface area contributed by atoms with Crippen molar-refractivity contribution in [3.63, 3.8) is 0 Å². The van der Waals surface area contributed by atoms with Gasteiger partial charge in [-0.2, -0.15) is 5.10 Å². The molecule has 1 heterocycles. The van der Waals surface area contributed by atoms with Crippen LogP contribution in [0.4, 0.5) is 0 Å². The molecule has 0 spiro atoms. The first-order valence-corrected chi connectivity index (χ1v) is 7.04. The number of rotatable bonds is 6. The molecule has 0 aliphatic rings. The van der Waals surface area contributed by atoms with Gasteiger partial charge >= 0.3 is 0 Å². The molecule has 0 bridgehead atoms. The molecule has 20 heavy (non-hydrogen) atoms. The van der Waals surface area contributed by atoms with Gasteiger partial charge in [-0.25, -0.2) is 0 Å². The number of carbonyl (C=O) groups excluding carboxylic acids is 1. The SMILES string of the molecule is CCC(=O)N(C)CCCc1cc(-c2ccccc2)n[nH]1. The van der Waals surface area contributed by atoms with E-state index < -0.39 is 0 Å². The number of hydrogen-bond donors (Lipinski definition) is 1. The summed E-state index contributed by atoms with van der Waals surface area (Å²) >= 11 is 0. The molecular weight excluding hydrogens is 250 g/mol. The highest BCUT2D eigenvalue weighted by Crippen LogP contribution is 2.17. The van der Waals surface area contributed by atoms with Crippen molar-refractivity contribution < 1.29 is 4.79 Å². The quantitative estimate of drug-likeness (QED) is 0.878. The molecular formula is C16H21N3O. The van der Waals surface area contributed by atoms with Crippen molar-refractivity contribution in [3.05, 3.63) is 42.1 Å². The molecule has 4 nitrogen and oxygen atoms in total. The lowest BCUT2D eigenvalue weighted by Gasteiger charge is -2.15. The van der Waals surface area contributed by atoms with Crippen molar-refractivity contribution in [3.8, 4) is 11.3 Å². The molecule has 0 saturated carbocycles. The average Bonchev–Trinajstić information content (AvgIpc) is 2.96. The third-order valence-electron chi connectivity index (χ3n) is 3.37. The van der Waals surface area contributed by atoms with E-state index in [1.165, 1.54) is 0 Å². The number of aromatic nitrogens is 2. The third kappa shape index (κ3) is 3.70. The summed E-state index contributed by atoms with van der Waals surface area (Å²) in [5.41, 5.74) is 3.20. The summed E-state index contributed by atoms with van der Waals surface area (Å²) in [5.74, 6) is 0.194. The Hall–Kier alpha value is -2.10. The van der Waals surface area contributed by atoms with Crippen LogP contribution in [0.3, 0.4) is 0 Å². The Morgan fingerprint density at radius 3 is 2.75 bits per heavy atom. The van der Waals surface area contributed by atoms with E-state index in [0.717, 1.165) is 36.3 Å².